The summed E-state index contributed by atoms with van der Waals surface area (Å²) in [6, 6.07) is 6.21. The summed E-state index contributed by atoms with van der Waals surface area (Å²) in [7, 11) is 0. The average Bonchev–Trinajstić information content (AvgIpc) is 2.19. The first-order valence-electron chi connectivity index (χ1n) is 4.98. The number of thiol groups is 1. The standard InChI is InChI=1S/C11H17NS.ClH/c13-11-7-2-1-4-8-12-9-5-3-6-10-12;/h3,5-6,9-10H,1-2,4,7-8,11H2;1H. The minimum absolute atomic E-state index is 0. The third-order valence-electron chi connectivity index (χ3n) is 2.10. The molecule has 3 heteroatoms. The molecule has 0 unspecified atom stereocenters. The maximum atomic E-state index is 4.19. The number of nitrogens with zero attached hydrogens (tertiary/aromatic N) is 1. The molecule has 0 aliphatic rings. The Bertz CT molecular complexity index is 216. The molecule has 0 saturated heterocycles. The normalized spacial score (nSPS) is 9.50. The molecule has 1 aromatic rings. The Morgan fingerprint density at radius 2 is 1.50 bits per heavy atom. The predicted molar refractivity (Wildman–Crippen MR) is 59.0 cm³/mol. The third-order valence-corrected chi connectivity index (χ3v) is 2.42. The number of rotatable bonds is 6. The van der Waals surface area contributed by atoms with Crippen LogP contribution in [0.3, 0.4) is 0 Å². The highest BCUT2D eigenvalue weighted by molar-refractivity contribution is 7.80. The van der Waals surface area contributed by atoms with Crippen LogP contribution in [0.5, 0.6) is 0 Å². The highest BCUT2D eigenvalue weighted by Crippen LogP contribution is 2.00. The molecule has 0 radical (unpaired) electrons. The molecule has 0 saturated carbocycles. The first kappa shape index (κ1) is 13.8. The van der Waals surface area contributed by atoms with Crippen molar-refractivity contribution >= 4 is 12.6 Å². The molecule has 0 N–H and O–H groups in total. The Morgan fingerprint density at radius 3 is 2.14 bits per heavy atom. The van der Waals surface area contributed by atoms with E-state index in [0.717, 1.165) is 12.3 Å². The number of unbranched alkanes of at least 4 members (excludes halogenated alkanes) is 3. The van der Waals surface area contributed by atoms with E-state index in [4.69, 9.17) is 0 Å². The minimum atomic E-state index is 0. The number of hydrogen-bond acceptors (Lipinski definition) is 1. The molecule has 1 rings (SSSR count). The zero-order chi connectivity index (χ0) is 9.36. The van der Waals surface area contributed by atoms with Crippen LogP contribution in [0.25, 0.3) is 0 Å². The topological polar surface area (TPSA) is 3.88 Å². The Balaban J connectivity index is 0.00000169. The Labute approximate surface area is 98.4 Å². The summed E-state index contributed by atoms with van der Waals surface area (Å²) in [5.41, 5.74) is 0. The lowest BCUT2D eigenvalue weighted by Crippen LogP contribution is -3.00. The van der Waals surface area contributed by atoms with E-state index in [9.17, 15) is 0 Å². The molecule has 1 heterocycles. The van der Waals surface area contributed by atoms with E-state index in [0.29, 0.717) is 0 Å². The number of pyridine rings is 1. The van der Waals surface area contributed by atoms with Crippen LogP contribution in [0, 0.1) is 0 Å². The first-order valence-corrected chi connectivity index (χ1v) is 5.61. The minimum Gasteiger partial charge on any atom is -1.00 e. The Kier molecular flexibility index (Phi) is 9.21. The number of aromatic nitrogens is 1. The Hall–Kier alpha value is -0.210. The van der Waals surface area contributed by atoms with Gasteiger partial charge in [0.15, 0.2) is 12.4 Å². The van der Waals surface area contributed by atoms with E-state index >= 15 is 0 Å². The van der Waals surface area contributed by atoms with Gasteiger partial charge in [-0.05, 0) is 18.6 Å². The summed E-state index contributed by atoms with van der Waals surface area (Å²) >= 11 is 4.19. The lowest BCUT2D eigenvalue weighted by atomic mass is 10.2. The number of aryl methyl sites for hydroxylation is 1. The Morgan fingerprint density at radius 1 is 0.857 bits per heavy atom. The lowest BCUT2D eigenvalue weighted by Gasteiger charge is -1.96. The van der Waals surface area contributed by atoms with Crippen LogP contribution >= 0.6 is 12.6 Å². The smallest absolute Gasteiger partial charge is 0.168 e. The van der Waals surface area contributed by atoms with Crippen LogP contribution in [0.15, 0.2) is 30.6 Å². The van der Waals surface area contributed by atoms with Crippen LogP contribution in [0.4, 0.5) is 0 Å². The summed E-state index contributed by atoms with van der Waals surface area (Å²) < 4.78 is 2.24. The first-order chi connectivity index (χ1) is 6.43. The van der Waals surface area contributed by atoms with Crippen molar-refractivity contribution in [3.05, 3.63) is 30.6 Å². The van der Waals surface area contributed by atoms with Crippen molar-refractivity contribution in [2.75, 3.05) is 5.75 Å². The van der Waals surface area contributed by atoms with Crippen molar-refractivity contribution in [1.29, 1.82) is 0 Å². The molecule has 1 aromatic heterocycles. The van der Waals surface area contributed by atoms with Crippen LogP contribution in [0.1, 0.15) is 25.7 Å². The van der Waals surface area contributed by atoms with E-state index in [1.807, 2.05) is 0 Å². The molecule has 0 aliphatic carbocycles. The van der Waals surface area contributed by atoms with Crippen LogP contribution in [-0.4, -0.2) is 5.75 Å². The van der Waals surface area contributed by atoms with Gasteiger partial charge in [0, 0.05) is 18.6 Å². The van der Waals surface area contributed by atoms with Crippen molar-refractivity contribution < 1.29 is 17.0 Å². The maximum absolute atomic E-state index is 4.19. The molecule has 0 bridgehead atoms. The molecular formula is C11H18ClNS. The lowest BCUT2D eigenvalue weighted by molar-refractivity contribution is -0.697. The van der Waals surface area contributed by atoms with Crippen LogP contribution in [-0.2, 0) is 6.54 Å². The fourth-order valence-electron chi connectivity index (χ4n) is 1.34. The second-order valence-electron chi connectivity index (χ2n) is 3.25. The number of halogens is 1. The summed E-state index contributed by atoms with van der Waals surface area (Å²) in [6.07, 6.45) is 9.42. The SMILES string of the molecule is SCCCCCC[n+]1ccccc1.[Cl-]. The molecule has 0 aromatic carbocycles. The number of hydrogen-bond donors (Lipinski definition) is 1. The largest absolute Gasteiger partial charge is 1.00 e. The van der Waals surface area contributed by atoms with E-state index in [1.165, 1.54) is 25.7 Å². The quantitative estimate of drug-likeness (QED) is 0.381. The zero-order valence-electron chi connectivity index (χ0n) is 8.40. The molecular weight excluding hydrogens is 214 g/mol. The molecule has 0 fully saturated rings. The molecule has 80 valence electrons. The van der Waals surface area contributed by atoms with Crippen LogP contribution < -0.4 is 17.0 Å². The van der Waals surface area contributed by atoms with Gasteiger partial charge in [0.05, 0.1) is 0 Å². The average molecular weight is 232 g/mol. The van der Waals surface area contributed by atoms with Gasteiger partial charge in [-0.2, -0.15) is 12.6 Å². The molecule has 14 heavy (non-hydrogen) atoms. The van der Waals surface area contributed by atoms with Gasteiger partial charge in [-0.1, -0.05) is 12.5 Å². The second-order valence-corrected chi connectivity index (χ2v) is 3.70. The van der Waals surface area contributed by atoms with Gasteiger partial charge in [0.1, 0.15) is 6.54 Å². The zero-order valence-corrected chi connectivity index (χ0v) is 10.1. The second kappa shape index (κ2) is 9.35. The van der Waals surface area contributed by atoms with Crippen molar-refractivity contribution in [3.8, 4) is 0 Å². The fourth-order valence-corrected chi connectivity index (χ4v) is 1.57. The molecule has 0 spiro atoms. The van der Waals surface area contributed by atoms with Crippen LogP contribution in [0.2, 0.25) is 0 Å². The van der Waals surface area contributed by atoms with Gasteiger partial charge < -0.3 is 12.4 Å². The highest BCUT2D eigenvalue weighted by atomic mass is 35.5. The van der Waals surface area contributed by atoms with Gasteiger partial charge in [0.25, 0.3) is 0 Å². The maximum Gasteiger partial charge on any atom is 0.168 e. The molecule has 0 atom stereocenters. The fraction of sp³-hybridized carbons (Fsp3) is 0.545. The van der Waals surface area contributed by atoms with Gasteiger partial charge in [0.2, 0.25) is 0 Å². The van der Waals surface area contributed by atoms with Gasteiger partial charge in [-0.3, -0.25) is 0 Å². The molecule has 0 aliphatic heterocycles. The van der Waals surface area contributed by atoms with Crippen molar-refractivity contribution in [3.63, 3.8) is 0 Å². The van der Waals surface area contributed by atoms with E-state index < -0.39 is 0 Å². The van der Waals surface area contributed by atoms with Crippen molar-refractivity contribution in [1.82, 2.24) is 0 Å². The monoisotopic (exact) mass is 231 g/mol. The summed E-state index contributed by atoms with van der Waals surface area (Å²) in [5, 5.41) is 0. The van der Waals surface area contributed by atoms with Gasteiger partial charge in [-0.15, -0.1) is 0 Å². The molecule has 0 amide bonds. The van der Waals surface area contributed by atoms with Gasteiger partial charge >= 0.3 is 0 Å². The molecule has 1 nitrogen and oxygen atoms in total. The summed E-state index contributed by atoms with van der Waals surface area (Å²) in [6.45, 7) is 1.15. The third kappa shape index (κ3) is 6.28. The van der Waals surface area contributed by atoms with E-state index in [1.54, 1.807) is 0 Å². The van der Waals surface area contributed by atoms with Crippen molar-refractivity contribution in [2.24, 2.45) is 0 Å². The van der Waals surface area contributed by atoms with Gasteiger partial charge in [-0.25, -0.2) is 4.57 Å². The highest BCUT2D eigenvalue weighted by Gasteiger charge is 1.96. The summed E-state index contributed by atoms with van der Waals surface area (Å²) in [5.74, 6) is 1.03. The summed E-state index contributed by atoms with van der Waals surface area (Å²) in [4.78, 5) is 0. The van der Waals surface area contributed by atoms with Crippen molar-refractivity contribution in [2.45, 2.75) is 32.2 Å². The van der Waals surface area contributed by atoms with E-state index in [2.05, 4.69) is 47.8 Å². The van der Waals surface area contributed by atoms with E-state index in [-0.39, 0.29) is 12.4 Å². The predicted octanol–water partition coefficient (Wildman–Crippen LogP) is -0.532.